The van der Waals surface area contributed by atoms with Crippen LogP contribution in [0.1, 0.15) is 39.5 Å². The molecule has 1 aliphatic heterocycles. The van der Waals surface area contributed by atoms with Gasteiger partial charge >= 0.3 is 0 Å². The van der Waals surface area contributed by atoms with Gasteiger partial charge in [-0.2, -0.15) is 0 Å². The monoisotopic (exact) mass is 225 g/mol. The van der Waals surface area contributed by atoms with Crippen LogP contribution in [0, 0.1) is 11.3 Å². The predicted molar refractivity (Wildman–Crippen MR) is 63.1 cm³/mol. The molecule has 0 aromatic rings. The van der Waals surface area contributed by atoms with Gasteiger partial charge in [0, 0.05) is 18.5 Å². The molecule has 0 bridgehead atoms. The highest BCUT2D eigenvalue weighted by Gasteiger charge is 2.39. The Labute approximate surface area is 98.1 Å². The van der Waals surface area contributed by atoms with Gasteiger partial charge in [0.2, 0.25) is 5.91 Å². The average molecular weight is 225 g/mol. The lowest BCUT2D eigenvalue weighted by atomic mass is 9.71. The third kappa shape index (κ3) is 2.40. The number of rotatable bonds is 1. The summed E-state index contributed by atoms with van der Waals surface area (Å²) in [5, 5.41) is 0. The van der Waals surface area contributed by atoms with Gasteiger partial charge in [-0.05, 0) is 31.6 Å². The third-order valence-corrected chi connectivity index (χ3v) is 4.19. The second kappa shape index (κ2) is 4.74. The highest BCUT2D eigenvalue weighted by Crippen LogP contribution is 2.39. The van der Waals surface area contributed by atoms with E-state index in [1.165, 1.54) is 12.8 Å². The summed E-state index contributed by atoms with van der Waals surface area (Å²) in [7, 11) is 0. The molecule has 0 unspecified atom stereocenters. The molecular formula is C13H23NO2. The summed E-state index contributed by atoms with van der Waals surface area (Å²) in [5.74, 6) is 1.16. The van der Waals surface area contributed by atoms with Crippen molar-refractivity contribution >= 4 is 5.91 Å². The SMILES string of the molecule is CC1CCC(C)(C(=O)N2CCOCC2)CC1. The molecule has 0 spiro atoms. The maximum Gasteiger partial charge on any atom is 0.228 e. The molecule has 0 radical (unpaired) electrons. The zero-order valence-corrected chi connectivity index (χ0v) is 10.5. The van der Waals surface area contributed by atoms with Crippen molar-refractivity contribution in [2.75, 3.05) is 26.3 Å². The standard InChI is InChI=1S/C13H23NO2/c1-11-3-5-13(2,6-4-11)12(15)14-7-9-16-10-8-14/h11H,3-10H2,1-2H3. The number of ether oxygens (including phenoxy) is 1. The van der Waals surface area contributed by atoms with E-state index in [-0.39, 0.29) is 5.41 Å². The molecule has 2 aliphatic rings. The molecule has 2 fully saturated rings. The van der Waals surface area contributed by atoms with E-state index >= 15 is 0 Å². The molecule has 1 heterocycles. The van der Waals surface area contributed by atoms with Crippen LogP contribution in [0.25, 0.3) is 0 Å². The molecule has 0 aromatic carbocycles. The fourth-order valence-electron chi connectivity index (χ4n) is 2.76. The Balaban J connectivity index is 1.96. The number of nitrogens with zero attached hydrogens (tertiary/aromatic N) is 1. The number of carbonyl (C=O) groups is 1. The minimum absolute atomic E-state index is 0.0934. The number of hydrogen-bond donors (Lipinski definition) is 0. The Hall–Kier alpha value is -0.570. The summed E-state index contributed by atoms with van der Waals surface area (Å²) < 4.78 is 5.29. The van der Waals surface area contributed by atoms with E-state index in [1.807, 2.05) is 4.90 Å². The normalized spacial score (nSPS) is 36.1. The molecule has 1 saturated heterocycles. The zero-order valence-electron chi connectivity index (χ0n) is 10.5. The van der Waals surface area contributed by atoms with E-state index < -0.39 is 0 Å². The lowest BCUT2D eigenvalue weighted by Crippen LogP contribution is -2.48. The van der Waals surface area contributed by atoms with Crippen molar-refractivity contribution in [3.05, 3.63) is 0 Å². The van der Waals surface area contributed by atoms with E-state index in [1.54, 1.807) is 0 Å². The highest BCUT2D eigenvalue weighted by molar-refractivity contribution is 5.82. The van der Waals surface area contributed by atoms with E-state index in [0.29, 0.717) is 19.1 Å². The molecule has 1 saturated carbocycles. The van der Waals surface area contributed by atoms with E-state index in [2.05, 4.69) is 13.8 Å². The van der Waals surface area contributed by atoms with Crippen molar-refractivity contribution in [1.29, 1.82) is 0 Å². The second-order valence-electron chi connectivity index (χ2n) is 5.65. The van der Waals surface area contributed by atoms with Crippen LogP contribution in [-0.2, 0) is 9.53 Å². The van der Waals surface area contributed by atoms with Gasteiger partial charge in [0.05, 0.1) is 13.2 Å². The number of carbonyl (C=O) groups excluding carboxylic acids is 1. The summed E-state index contributed by atoms with van der Waals surface area (Å²) in [6.07, 6.45) is 4.52. The first-order valence-corrected chi connectivity index (χ1v) is 6.49. The van der Waals surface area contributed by atoms with Crippen LogP contribution in [0.15, 0.2) is 0 Å². The molecule has 2 rings (SSSR count). The van der Waals surface area contributed by atoms with Crippen molar-refractivity contribution in [2.45, 2.75) is 39.5 Å². The average Bonchev–Trinajstić information content (AvgIpc) is 2.33. The lowest BCUT2D eigenvalue weighted by molar-refractivity contribution is -0.147. The van der Waals surface area contributed by atoms with E-state index in [9.17, 15) is 4.79 Å². The molecule has 1 aliphatic carbocycles. The lowest BCUT2D eigenvalue weighted by Gasteiger charge is -2.40. The summed E-state index contributed by atoms with van der Waals surface area (Å²) >= 11 is 0. The molecule has 3 nitrogen and oxygen atoms in total. The van der Waals surface area contributed by atoms with E-state index in [0.717, 1.165) is 31.8 Å². The van der Waals surface area contributed by atoms with Crippen molar-refractivity contribution in [2.24, 2.45) is 11.3 Å². The minimum atomic E-state index is -0.0934. The first kappa shape index (κ1) is 11.9. The molecule has 3 heteroatoms. The first-order chi connectivity index (χ1) is 7.62. The molecule has 0 atom stereocenters. The summed E-state index contributed by atoms with van der Waals surface area (Å²) in [4.78, 5) is 14.5. The maximum absolute atomic E-state index is 12.5. The Morgan fingerprint density at radius 2 is 1.81 bits per heavy atom. The Bertz CT molecular complexity index is 251. The number of morpholine rings is 1. The molecule has 92 valence electrons. The number of hydrogen-bond acceptors (Lipinski definition) is 2. The fourth-order valence-corrected chi connectivity index (χ4v) is 2.76. The number of amides is 1. The quantitative estimate of drug-likeness (QED) is 0.683. The van der Waals surface area contributed by atoms with Gasteiger partial charge in [0.1, 0.15) is 0 Å². The fraction of sp³-hybridized carbons (Fsp3) is 0.923. The van der Waals surface area contributed by atoms with Gasteiger partial charge in [-0.25, -0.2) is 0 Å². The minimum Gasteiger partial charge on any atom is -0.378 e. The van der Waals surface area contributed by atoms with Crippen LogP contribution < -0.4 is 0 Å². The van der Waals surface area contributed by atoms with Crippen molar-refractivity contribution < 1.29 is 9.53 Å². The van der Waals surface area contributed by atoms with Gasteiger partial charge in [0.15, 0.2) is 0 Å². The zero-order chi connectivity index (χ0) is 11.6. The maximum atomic E-state index is 12.5. The topological polar surface area (TPSA) is 29.5 Å². The summed E-state index contributed by atoms with van der Waals surface area (Å²) in [6.45, 7) is 7.42. The molecule has 16 heavy (non-hydrogen) atoms. The van der Waals surface area contributed by atoms with Crippen LogP contribution in [-0.4, -0.2) is 37.1 Å². The smallest absolute Gasteiger partial charge is 0.228 e. The largest absolute Gasteiger partial charge is 0.378 e. The van der Waals surface area contributed by atoms with Crippen molar-refractivity contribution in [3.63, 3.8) is 0 Å². The van der Waals surface area contributed by atoms with Crippen LogP contribution in [0.2, 0.25) is 0 Å². The predicted octanol–water partition coefficient (Wildman–Crippen LogP) is 2.06. The van der Waals surface area contributed by atoms with Crippen molar-refractivity contribution in [3.8, 4) is 0 Å². The van der Waals surface area contributed by atoms with Crippen molar-refractivity contribution in [1.82, 2.24) is 4.90 Å². The van der Waals surface area contributed by atoms with Crippen LogP contribution in [0.5, 0.6) is 0 Å². The van der Waals surface area contributed by atoms with Crippen LogP contribution in [0.4, 0.5) is 0 Å². The van der Waals surface area contributed by atoms with Gasteiger partial charge in [-0.3, -0.25) is 4.79 Å². The Kier molecular flexibility index (Phi) is 3.53. The Morgan fingerprint density at radius 3 is 2.38 bits per heavy atom. The second-order valence-corrected chi connectivity index (χ2v) is 5.65. The summed E-state index contributed by atoms with van der Waals surface area (Å²) in [5.41, 5.74) is -0.0934. The summed E-state index contributed by atoms with van der Waals surface area (Å²) in [6, 6.07) is 0. The van der Waals surface area contributed by atoms with Crippen LogP contribution >= 0.6 is 0 Å². The van der Waals surface area contributed by atoms with Crippen LogP contribution in [0.3, 0.4) is 0 Å². The third-order valence-electron chi connectivity index (χ3n) is 4.19. The van der Waals surface area contributed by atoms with E-state index in [4.69, 9.17) is 4.74 Å². The molecule has 0 aromatic heterocycles. The molecular weight excluding hydrogens is 202 g/mol. The highest BCUT2D eigenvalue weighted by atomic mass is 16.5. The molecule has 0 N–H and O–H groups in total. The van der Waals surface area contributed by atoms with Gasteiger partial charge < -0.3 is 9.64 Å². The Morgan fingerprint density at radius 1 is 1.25 bits per heavy atom. The van der Waals surface area contributed by atoms with Gasteiger partial charge in [-0.1, -0.05) is 13.8 Å². The van der Waals surface area contributed by atoms with Gasteiger partial charge in [-0.15, -0.1) is 0 Å². The molecule has 1 amide bonds. The first-order valence-electron chi connectivity index (χ1n) is 6.49. The van der Waals surface area contributed by atoms with Gasteiger partial charge in [0.25, 0.3) is 0 Å².